The zero-order valence-corrected chi connectivity index (χ0v) is 11.2. The lowest BCUT2D eigenvalue weighted by atomic mass is 10.1. The van der Waals surface area contributed by atoms with E-state index in [1.165, 1.54) is 7.11 Å². The number of carbonyl (C=O) groups is 1. The van der Waals surface area contributed by atoms with Crippen LogP contribution in [0.15, 0.2) is 24.3 Å². The van der Waals surface area contributed by atoms with Crippen molar-refractivity contribution in [2.75, 3.05) is 38.3 Å². The number of hydrogen-bond acceptors (Lipinski definition) is 5. The molecule has 1 heterocycles. The second-order valence-electron chi connectivity index (χ2n) is 4.54. The SMILES string of the molecule is COC(=O)c1cccc(N2CCOCC2CCN)c1. The number of esters is 1. The van der Waals surface area contributed by atoms with Crippen LogP contribution in [0.5, 0.6) is 0 Å². The van der Waals surface area contributed by atoms with E-state index in [4.69, 9.17) is 15.2 Å². The molecule has 1 aromatic rings. The predicted molar refractivity (Wildman–Crippen MR) is 73.4 cm³/mol. The Balaban J connectivity index is 2.21. The van der Waals surface area contributed by atoms with Crippen LogP contribution in [-0.2, 0) is 9.47 Å². The first-order valence-electron chi connectivity index (χ1n) is 6.49. The Morgan fingerprint density at radius 1 is 1.58 bits per heavy atom. The molecule has 0 spiro atoms. The van der Waals surface area contributed by atoms with Gasteiger partial charge in [-0.2, -0.15) is 0 Å². The van der Waals surface area contributed by atoms with Crippen LogP contribution in [0.1, 0.15) is 16.8 Å². The molecule has 1 unspecified atom stereocenters. The predicted octanol–water partition coefficient (Wildman–Crippen LogP) is 1.03. The van der Waals surface area contributed by atoms with E-state index in [0.29, 0.717) is 25.3 Å². The van der Waals surface area contributed by atoms with Gasteiger partial charge in [0.15, 0.2) is 0 Å². The van der Waals surface area contributed by atoms with E-state index in [9.17, 15) is 4.79 Å². The molecule has 5 heteroatoms. The van der Waals surface area contributed by atoms with Crippen LogP contribution in [0.2, 0.25) is 0 Å². The minimum atomic E-state index is -0.314. The second kappa shape index (κ2) is 6.54. The van der Waals surface area contributed by atoms with Crippen LogP contribution in [0.3, 0.4) is 0 Å². The monoisotopic (exact) mass is 264 g/mol. The lowest BCUT2D eigenvalue weighted by molar-refractivity contribution is 0.0600. The molecule has 19 heavy (non-hydrogen) atoms. The maximum absolute atomic E-state index is 11.6. The van der Waals surface area contributed by atoms with Gasteiger partial charge < -0.3 is 20.1 Å². The third-order valence-electron chi connectivity index (χ3n) is 3.33. The van der Waals surface area contributed by atoms with E-state index >= 15 is 0 Å². The molecule has 0 saturated carbocycles. The maximum Gasteiger partial charge on any atom is 0.337 e. The lowest BCUT2D eigenvalue weighted by Crippen LogP contribution is -2.46. The summed E-state index contributed by atoms with van der Waals surface area (Å²) in [7, 11) is 1.39. The lowest BCUT2D eigenvalue weighted by Gasteiger charge is -2.37. The van der Waals surface area contributed by atoms with Gasteiger partial charge in [0, 0.05) is 12.2 Å². The van der Waals surface area contributed by atoms with Gasteiger partial charge >= 0.3 is 5.97 Å². The summed E-state index contributed by atoms with van der Waals surface area (Å²) in [5.41, 5.74) is 7.23. The molecule has 1 aliphatic heterocycles. The molecule has 104 valence electrons. The zero-order chi connectivity index (χ0) is 13.7. The first-order valence-corrected chi connectivity index (χ1v) is 6.49. The van der Waals surface area contributed by atoms with Gasteiger partial charge in [-0.25, -0.2) is 4.79 Å². The Bertz CT molecular complexity index is 434. The Morgan fingerprint density at radius 3 is 3.16 bits per heavy atom. The normalized spacial score (nSPS) is 19.3. The smallest absolute Gasteiger partial charge is 0.337 e. The number of ether oxygens (including phenoxy) is 2. The highest BCUT2D eigenvalue weighted by Crippen LogP contribution is 2.22. The minimum Gasteiger partial charge on any atom is -0.465 e. The fourth-order valence-corrected chi connectivity index (χ4v) is 2.36. The number of morpholine rings is 1. The number of nitrogens with zero attached hydrogens (tertiary/aromatic N) is 1. The summed E-state index contributed by atoms with van der Waals surface area (Å²) in [6, 6.07) is 7.76. The minimum absolute atomic E-state index is 0.270. The van der Waals surface area contributed by atoms with Gasteiger partial charge in [-0.05, 0) is 31.2 Å². The van der Waals surface area contributed by atoms with E-state index in [1.807, 2.05) is 18.2 Å². The van der Waals surface area contributed by atoms with Crippen LogP contribution in [0, 0.1) is 0 Å². The molecule has 1 aromatic carbocycles. The van der Waals surface area contributed by atoms with Crippen molar-refractivity contribution < 1.29 is 14.3 Å². The van der Waals surface area contributed by atoms with Crippen molar-refractivity contribution in [1.29, 1.82) is 0 Å². The molecular weight excluding hydrogens is 244 g/mol. The molecule has 1 aliphatic rings. The molecule has 0 radical (unpaired) electrons. The van der Waals surface area contributed by atoms with Crippen molar-refractivity contribution >= 4 is 11.7 Å². The van der Waals surface area contributed by atoms with E-state index in [-0.39, 0.29) is 12.0 Å². The van der Waals surface area contributed by atoms with Gasteiger partial charge in [0.2, 0.25) is 0 Å². The number of carbonyl (C=O) groups excluding carboxylic acids is 1. The van der Waals surface area contributed by atoms with E-state index in [1.54, 1.807) is 6.07 Å². The standard InChI is InChI=1S/C14H20N2O3/c1-18-14(17)11-3-2-4-12(9-11)16-7-8-19-10-13(16)5-6-15/h2-4,9,13H,5-8,10,15H2,1H3. The molecule has 1 saturated heterocycles. The molecule has 0 aliphatic carbocycles. The summed E-state index contributed by atoms with van der Waals surface area (Å²) in [6.45, 7) is 2.82. The van der Waals surface area contributed by atoms with Crippen LogP contribution in [0.4, 0.5) is 5.69 Å². The van der Waals surface area contributed by atoms with Crippen molar-refractivity contribution in [2.24, 2.45) is 5.73 Å². The number of anilines is 1. The number of benzene rings is 1. The summed E-state index contributed by atoms with van der Waals surface area (Å²) < 4.78 is 10.2. The van der Waals surface area contributed by atoms with Crippen LogP contribution >= 0.6 is 0 Å². The summed E-state index contributed by atoms with van der Waals surface area (Å²) in [5, 5.41) is 0. The fraction of sp³-hybridized carbons (Fsp3) is 0.500. The van der Waals surface area contributed by atoms with Gasteiger partial charge in [-0.1, -0.05) is 6.07 Å². The van der Waals surface area contributed by atoms with Gasteiger partial charge in [-0.3, -0.25) is 0 Å². The average molecular weight is 264 g/mol. The second-order valence-corrected chi connectivity index (χ2v) is 4.54. The molecule has 1 atom stereocenters. The molecule has 0 bridgehead atoms. The molecule has 0 aromatic heterocycles. The zero-order valence-electron chi connectivity index (χ0n) is 11.2. The van der Waals surface area contributed by atoms with Gasteiger partial charge in [-0.15, -0.1) is 0 Å². The molecule has 1 fully saturated rings. The highest BCUT2D eigenvalue weighted by molar-refractivity contribution is 5.90. The Hall–Kier alpha value is -1.59. The first kappa shape index (κ1) is 13.8. The maximum atomic E-state index is 11.6. The fourth-order valence-electron chi connectivity index (χ4n) is 2.36. The van der Waals surface area contributed by atoms with Crippen LogP contribution in [0.25, 0.3) is 0 Å². The Morgan fingerprint density at radius 2 is 2.42 bits per heavy atom. The first-order chi connectivity index (χ1) is 9.26. The number of methoxy groups -OCH3 is 1. The highest BCUT2D eigenvalue weighted by atomic mass is 16.5. The molecule has 2 N–H and O–H groups in total. The van der Waals surface area contributed by atoms with E-state index in [2.05, 4.69) is 4.90 Å². The molecular formula is C14H20N2O3. The van der Waals surface area contributed by atoms with Crippen molar-refractivity contribution in [1.82, 2.24) is 0 Å². The topological polar surface area (TPSA) is 64.8 Å². The van der Waals surface area contributed by atoms with Crippen molar-refractivity contribution in [2.45, 2.75) is 12.5 Å². The number of nitrogens with two attached hydrogens (primary N) is 1. The van der Waals surface area contributed by atoms with E-state index < -0.39 is 0 Å². The van der Waals surface area contributed by atoms with Gasteiger partial charge in [0.25, 0.3) is 0 Å². The van der Waals surface area contributed by atoms with Crippen LogP contribution < -0.4 is 10.6 Å². The van der Waals surface area contributed by atoms with Crippen molar-refractivity contribution in [3.05, 3.63) is 29.8 Å². The van der Waals surface area contributed by atoms with Crippen LogP contribution in [-0.4, -0.2) is 45.4 Å². The molecule has 5 nitrogen and oxygen atoms in total. The van der Waals surface area contributed by atoms with Gasteiger partial charge in [0.1, 0.15) is 0 Å². The number of hydrogen-bond donors (Lipinski definition) is 1. The molecule has 0 amide bonds. The van der Waals surface area contributed by atoms with Gasteiger partial charge in [0.05, 0.1) is 31.9 Å². The van der Waals surface area contributed by atoms with E-state index in [0.717, 1.165) is 18.7 Å². The number of rotatable bonds is 4. The highest BCUT2D eigenvalue weighted by Gasteiger charge is 2.23. The summed E-state index contributed by atoms with van der Waals surface area (Å²) in [6.07, 6.45) is 0.877. The average Bonchev–Trinajstić information content (AvgIpc) is 2.47. The summed E-state index contributed by atoms with van der Waals surface area (Å²) in [4.78, 5) is 13.8. The molecule has 2 rings (SSSR count). The Kier molecular flexibility index (Phi) is 4.76. The third kappa shape index (κ3) is 3.24. The summed E-state index contributed by atoms with van der Waals surface area (Å²) in [5.74, 6) is -0.314. The largest absolute Gasteiger partial charge is 0.465 e. The van der Waals surface area contributed by atoms with Crippen molar-refractivity contribution in [3.63, 3.8) is 0 Å². The quantitative estimate of drug-likeness (QED) is 0.823. The summed E-state index contributed by atoms with van der Waals surface area (Å²) >= 11 is 0. The third-order valence-corrected chi connectivity index (χ3v) is 3.33. The Labute approximate surface area is 113 Å². The van der Waals surface area contributed by atoms with Crippen molar-refractivity contribution in [3.8, 4) is 0 Å².